The van der Waals surface area contributed by atoms with E-state index in [4.69, 9.17) is 19.2 Å². The first-order chi connectivity index (χ1) is 19.0. The van der Waals surface area contributed by atoms with E-state index in [1.165, 1.54) is 51.4 Å². The third kappa shape index (κ3) is 4.81. The highest BCUT2D eigenvalue weighted by atomic mass is 16.5. The molecular weight excluding hydrogens is 496 g/mol. The number of nitrogens with one attached hydrogen (secondary N) is 3. The Hall–Kier alpha value is -2.66. The summed E-state index contributed by atoms with van der Waals surface area (Å²) in [5.74, 6) is 3.71. The van der Waals surface area contributed by atoms with E-state index in [0.29, 0.717) is 35.8 Å². The number of aromatic nitrogens is 4. The highest BCUT2D eigenvalue weighted by Gasteiger charge is 2.46. The lowest BCUT2D eigenvalue weighted by molar-refractivity contribution is -0.0676. The smallest absolute Gasteiger partial charge is 0.375 e. The summed E-state index contributed by atoms with van der Waals surface area (Å²) in [5.41, 5.74) is 1.04. The highest BCUT2D eigenvalue weighted by molar-refractivity contribution is 5.84. The van der Waals surface area contributed by atoms with Gasteiger partial charge in [-0.3, -0.25) is 14.4 Å². The van der Waals surface area contributed by atoms with Gasteiger partial charge in [-0.1, -0.05) is 31.3 Å². The molecule has 4 fully saturated rings. The molecular formula is C28H42N8O3. The molecule has 0 amide bonds. The van der Waals surface area contributed by atoms with Crippen LogP contribution in [0.15, 0.2) is 9.32 Å². The molecule has 39 heavy (non-hydrogen) atoms. The lowest BCUT2D eigenvalue weighted by Crippen LogP contribution is -2.60. The van der Waals surface area contributed by atoms with E-state index in [2.05, 4.69) is 44.4 Å². The van der Waals surface area contributed by atoms with Crippen LogP contribution in [-0.4, -0.2) is 69.2 Å². The number of morpholine rings is 1. The number of nitrogens with zero attached hydrogens (tertiary/aromatic N) is 5. The van der Waals surface area contributed by atoms with Crippen molar-refractivity contribution in [1.29, 1.82) is 0 Å². The highest BCUT2D eigenvalue weighted by Crippen LogP contribution is 2.45. The van der Waals surface area contributed by atoms with Crippen molar-refractivity contribution < 1.29 is 9.26 Å². The molecule has 3 N–H and O–H groups in total. The van der Waals surface area contributed by atoms with Crippen molar-refractivity contribution in [2.45, 2.75) is 103 Å². The Kier molecular flexibility index (Phi) is 6.74. The maximum atomic E-state index is 11.8. The van der Waals surface area contributed by atoms with E-state index >= 15 is 0 Å². The average molecular weight is 539 g/mol. The lowest BCUT2D eigenvalue weighted by atomic mass is 9.80. The monoisotopic (exact) mass is 538 g/mol. The summed E-state index contributed by atoms with van der Waals surface area (Å²) in [4.78, 5) is 29.4. The Morgan fingerprint density at radius 2 is 1.90 bits per heavy atom. The zero-order valence-electron chi connectivity index (χ0n) is 23.2. The maximum Gasteiger partial charge on any atom is 0.439 e. The number of ether oxygens (including phenoxy) is 1. The van der Waals surface area contributed by atoms with Crippen molar-refractivity contribution in [1.82, 2.24) is 25.0 Å². The average Bonchev–Trinajstić information content (AvgIpc) is 3.63. The number of hydrogen-bond donors (Lipinski definition) is 3. The molecule has 0 spiro atoms. The Balaban J connectivity index is 1.28. The van der Waals surface area contributed by atoms with Gasteiger partial charge in [-0.05, 0) is 69.6 Å². The molecule has 1 saturated heterocycles. The number of anilines is 3. The topological polar surface area (TPSA) is 124 Å². The third-order valence-corrected chi connectivity index (χ3v) is 10.0. The first-order valence-electron chi connectivity index (χ1n) is 15.2. The second-order valence-electron chi connectivity index (χ2n) is 12.6. The van der Waals surface area contributed by atoms with Crippen LogP contribution in [0.25, 0.3) is 11.6 Å². The fourth-order valence-corrected chi connectivity index (χ4v) is 7.46. The molecule has 0 bridgehead atoms. The largest absolute Gasteiger partial charge is 0.439 e. The Bertz CT molecular complexity index is 1220. The number of fused-ring (bicyclic) bond motifs is 2. The molecule has 3 aliphatic carbocycles. The van der Waals surface area contributed by atoms with Gasteiger partial charge in [-0.25, -0.2) is 14.8 Å². The minimum Gasteiger partial charge on any atom is -0.375 e. The Morgan fingerprint density at radius 3 is 2.64 bits per heavy atom. The van der Waals surface area contributed by atoms with Gasteiger partial charge in [0.2, 0.25) is 11.6 Å². The van der Waals surface area contributed by atoms with Crippen molar-refractivity contribution >= 4 is 17.3 Å². The van der Waals surface area contributed by atoms with Crippen molar-refractivity contribution in [2.75, 3.05) is 35.2 Å². The van der Waals surface area contributed by atoms with Gasteiger partial charge in [0.05, 0.1) is 12.7 Å². The molecule has 2 aromatic heterocycles. The van der Waals surface area contributed by atoms with Crippen LogP contribution < -0.4 is 21.3 Å². The fraction of sp³-hybridized carbons (Fsp3) is 0.786. The molecule has 2 aliphatic heterocycles. The summed E-state index contributed by atoms with van der Waals surface area (Å²) in [6.07, 6.45) is 12.7. The summed E-state index contributed by atoms with van der Waals surface area (Å²) < 4.78 is 11.0. The van der Waals surface area contributed by atoms with Gasteiger partial charge in [-0.15, -0.1) is 0 Å². The second kappa shape index (κ2) is 10.4. The Morgan fingerprint density at radius 1 is 1.08 bits per heavy atom. The van der Waals surface area contributed by atoms with Gasteiger partial charge in [0.25, 0.3) is 0 Å². The first-order valence-corrected chi connectivity index (χ1v) is 15.2. The minimum absolute atomic E-state index is 0.00526. The number of rotatable bonds is 7. The van der Waals surface area contributed by atoms with Crippen LogP contribution >= 0.6 is 0 Å². The van der Waals surface area contributed by atoms with Crippen molar-refractivity contribution in [3.8, 4) is 11.6 Å². The van der Waals surface area contributed by atoms with E-state index in [1.54, 1.807) is 0 Å². The third-order valence-electron chi connectivity index (χ3n) is 10.0. The summed E-state index contributed by atoms with van der Waals surface area (Å²) in [6, 6.07) is 0.699. The van der Waals surface area contributed by atoms with Crippen molar-refractivity contribution in [3.05, 3.63) is 10.6 Å². The quantitative estimate of drug-likeness (QED) is 0.476. The standard InChI is InChI=1S/C28H42N8O3/c1-16-9-11-18(12-10-16)15-36-22-23(29-17(2)19-5-3-6-19)30-25(26-33-28(37)39-34-26)31-24(22)32-27(36)35-13-14-38-21-8-4-7-20(21)35/h16-21,27H,3-15H2,1-2H3,(H,33,34,37)(H2,29,30,31,32)/t16?,17-,18?,20?,21?,27?/m1/s1. The number of H-pyrrole nitrogens is 1. The molecule has 11 heteroatoms. The van der Waals surface area contributed by atoms with Gasteiger partial charge in [0.1, 0.15) is 5.69 Å². The van der Waals surface area contributed by atoms with Gasteiger partial charge in [-0.2, -0.15) is 0 Å². The molecule has 11 nitrogen and oxygen atoms in total. The van der Waals surface area contributed by atoms with Gasteiger partial charge < -0.3 is 20.3 Å². The molecule has 0 aromatic carbocycles. The SMILES string of the molecule is CC1CCC(CN2c3c(nc(-c4noc(=O)[nH]4)nc3N[C@H](C)C3CCC3)NC2N2CCOC3CCCC32)CC1. The maximum absolute atomic E-state index is 11.8. The van der Waals surface area contributed by atoms with Crippen LogP contribution in [0.5, 0.6) is 0 Å². The van der Waals surface area contributed by atoms with Gasteiger partial charge >= 0.3 is 5.76 Å². The van der Waals surface area contributed by atoms with E-state index in [-0.39, 0.29) is 12.1 Å². The molecule has 4 atom stereocenters. The molecule has 212 valence electrons. The molecule has 2 aromatic rings. The zero-order valence-corrected chi connectivity index (χ0v) is 23.2. The Labute approximate surface area is 229 Å². The molecule has 7 rings (SSSR count). The number of hydrogen-bond acceptors (Lipinski definition) is 10. The molecule has 3 unspecified atom stereocenters. The molecule has 3 saturated carbocycles. The van der Waals surface area contributed by atoms with E-state index < -0.39 is 5.76 Å². The number of aromatic amines is 1. The van der Waals surface area contributed by atoms with E-state index in [9.17, 15) is 4.79 Å². The predicted molar refractivity (Wildman–Crippen MR) is 149 cm³/mol. The molecule has 4 heterocycles. The normalized spacial score (nSPS) is 31.8. The molecule has 0 radical (unpaired) electrons. The van der Waals surface area contributed by atoms with E-state index in [0.717, 1.165) is 55.8 Å². The van der Waals surface area contributed by atoms with Crippen LogP contribution in [0.3, 0.4) is 0 Å². The van der Waals surface area contributed by atoms with Crippen molar-refractivity contribution in [3.63, 3.8) is 0 Å². The minimum atomic E-state index is -0.606. The van der Waals surface area contributed by atoms with E-state index in [1.807, 2.05) is 0 Å². The van der Waals surface area contributed by atoms with Crippen LogP contribution in [0, 0.1) is 17.8 Å². The summed E-state index contributed by atoms with van der Waals surface area (Å²) in [6.45, 7) is 7.26. The first kappa shape index (κ1) is 25.3. The lowest BCUT2D eigenvalue weighted by Gasteiger charge is -2.45. The zero-order chi connectivity index (χ0) is 26.5. The summed E-state index contributed by atoms with van der Waals surface area (Å²) in [5, 5.41) is 11.5. The summed E-state index contributed by atoms with van der Waals surface area (Å²) >= 11 is 0. The molecule has 5 aliphatic rings. The predicted octanol–water partition coefficient (Wildman–Crippen LogP) is 4.02. The summed E-state index contributed by atoms with van der Waals surface area (Å²) in [7, 11) is 0. The van der Waals surface area contributed by atoms with Crippen LogP contribution in [0.1, 0.15) is 78.1 Å². The fourth-order valence-electron chi connectivity index (χ4n) is 7.46. The van der Waals surface area contributed by atoms with Crippen molar-refractivity contribution in [2.24, 2.45) is 17.8 Å². The van der Waals surface area contributed by atoms with Gasteiger partial charge in [0, 0.05) is 25.2 Å². The van der Waals surface area contributed by atoms with Crippen LogP contribution in [0.2, 0.25) is 0 Å². The van der Waals surface area contributed by atoms with Crippen LogP contribution in [0.4, 0.5) is 17.3 Å². The second-order valence-corrected chi connectivity index (χ2v) is 12.6. The van der Waals surface area contributed by atoms with Gasteiger partial charge in [0.15, 0.2) is 17.9 Å². The van der Waals surface area contributed by atoms with Crippen LogP contribution in [-0.2, 0) is 4.74 Å².